The molecule has 1 rings (SSSR count). The second-order valence-electron chi connectivity index (χ2n) is 4.44. The van der Waals surface area contributed by atoms with Crippen molar-refractivity contribution in [3.63, 3.8) is 0 Å². The van der Waals surface area contributed by atoms with Crippen LogP contribution in [0.3, 0.4) is 0 Å². The molecule has 1 aromatic carbocycles. The topological polar surface area (TPSA) is 17.1 Å². The minimum atomic E-state index is -5.01. The molecule has 1 unspecified atom stereocenters. The van der Waals surface area contributed by atoms with E-state index < -0.39 is 34.6 Å². The molecule has 1 nitrogen and oxygen atoms in total. The Kier molecular flexibility index (Phi) is 8.75. The molecule has 0 N–H and O–H groups in total. The third-order valence-corrected chi connectivity index (χ3v) is 2.92. The van der Waals surface area contributed by atoms with E-state index in [1.807, 2.05) is 0 Å². The fraction of sp³-hybridized carbons (Fsp3) is 0.462. The summed E-state index contributed by atoms with van der Waals surface area (Å²) in [6.07, 6.45) is -7.29. The predicted octanol–water partition coefficient (Wildman–Crippen LogP) is 5.11. The summed E-state index contributed by atoms with van der Waals surface area (Å²) in [6, 6.07) is 1.49. The number of hydrogen-bond donors (Lipinski definition) is 0. The Balaban J connectivity index is 0.000000763. The van der Waals surface area contributed by atoms with Gasteiger partial charge in [-0.25, -0.2) is 0 Å². The van der Waals surface area contributed by atoms with Gasteiger partial charge in [0, 0.05) is 5.56 Å². The Hall–Kier alpha value is -0.503. The molecule has 0 amide bonds. The summed E-state index contributed by atoms with van der Waals surface area (Å²) in [6.45, 7) is 2.21. The molecule has 0 aliphatic rings. The van der Waals surface area contributed by atoms with E-state index in [2.05, 4.69) is 24.6 Å². The van der Waals surface area contributed by atoms with Gasteiger partial charge in [0.15, 0.2) is 5.52 Å². The van der Waals surface area contributed by atoms with Crippen LogP contribution in [0.2, 0.25) is 5.09 Å². The zero-order valence-electron chi connectivity index (χ0n) is 12.1. The maximum absolute atomic E-state index is 12.4. The van der Waals surface area contributed by atoms with E-state index in [-0.39, 0.29) is 0 Å². The van der Waals surface area contributed by atoms with Crippen molar-refractivity contribution in [2.24, 2.45) is 0 Å². The summed E-state index contributed by atoms with van der Waals surface area (Å²) in [4.78, 5) is 10.9. The van der Waals surface area contributed by atoms with Crippen molar-refractivity contribution in [1.29, 1.82) is 0 Å². The summed E-state index contributed by atoms with van der Waals surface area (Å²) in [5.41, 5.74) is -5.91. The molecule has 0 aliphatic heterocycles. The van der Waals surface area contributed by atoms with Crippen molar-refractivity contribution < 1.29 is 31.1 Å². The number of rotatable bonds is 3. The zero-order valence-corrected chi connectivity index (χ0v) is 13.3. The first kappa shape index (κ1) is 21.5. The van der Waals surface area contributed by atoms with Crippen LogP contribution in [-0.2, 0) is 12.4 Å². The molecule has 1 aromatic rings. The van der Waals surface area contributed by atoms with E-state index >= 15 is 0 Å². The molecule has 0 aliphatic carbocycles. The molecule has 0 fully saturated rings. The third kappa shape index (κ3) is 6.72. The van der Waals surface area contributed by atoms with E-state index in [9.17, 15) is 31.1 Å². The van der Waals surface area contributed by atoms with Crippen LogP contribution in [0.25, 0.3) is 0 Å². The number of carbonyl (C=O) groups excluding carboxylic acids is 1. The van der Waals surface area contributed by atoms with Crippen LogP contribution in [0.4, 0.5) is 26.3 Å². The third-order valence-electron chi connectivity index (χ3n) is 2.63. The van der Waals surface area contributed by atoms with Gasteiger partial charge in [-0.3, -0.25) is 4.79 Å². The fourth-order valence-electron chi connectivity index (χ4n) is 1.64. The monoisotopic (exact) mass is 338 g/mol. The SMILES string of the molecule is O=C(P)c1c(C(F)(F)F)cccc1C(F)(F)F.[Li][CH2]CCC. The van der Waals surface area contributed by atoms with Crippen LogP contribution in [0.1, 0.15) is 41.3 Å². The minimum absolute atomic E-state index is 0.437. The Labute approximate surface area is 136 Å². The molecule has 0 spiro atoms. The standard InChI is InChI=1S/C9H5F6OP.C4H9.Li/c10-8(11,12)4-2-1-3-5(9(13,14)15)6(4)7(16)17;1-3-4-2;/h1-3H,17H2;1,3-4H2,2H3;. The van der Waals surface area contributed by atoms with Gasteiger partial charge in [-0.15, -0.1) is 0 Å². The second kappa shape index (κ2) is 8.96. The van der Waals surface area contributed by atoms with Crippen molar-refractivity contribution in [3.8, 4) is 0 Å². The number of carbonyl (C=O) groups is 1. The summed E-state index contributed by atoms with van der Waals surface area (Å²) >= 11 is 2.21. The molecule has 0 heterocycles. The van der Waals surface area contributed by atoms with Gasteiger partial charge in [-0.2, -0.15) is 26.3 Å². The summed E-state index contributed by atoms with van der Waals surface area (Å²) < 4.78 is 74.7. The predicted molar refractivity (Wildman–Crippen MR) is 76.0 cm³/mol. The molecule has 0 bridgehead atoms. The average Bonchev–Trinajstić information content (AvgIpc) is 2.37. The van der Waals surface area contributed by atoms with Crippen molar-refractivity contribution >= 4 is 32.5 Å². The van der Waals surface area contributed by atoms with Crippen LogP contribution in [0, 0.1) is 0 Å². The molecular weight excluding hydrogens is 324 g/mol. The molecule has 0 aromatic heterocycles. The first-order valence-corrected chi connectivity index (χ1v) is 7.11. The van der Waals surface area contributed by atoms with Gasteiger partial charge >= 0.3 is 54.9 Å². The Bertz CT molecular complexity index is 464. The Morgan fingerprint density at radius 1 is 1.09 bits per heavy atom. The first-order valence-electron chi connectivity index (χ1n) is 6.53. The van der Waals surface area contributed by atoms with Crippen molar-refractivity contribution in [2.75, 3.05) is 0 Å². The van der Waals surface area contributed by atoms with Gasteiger partial charge in [0.05, 0.1) is 11.1 Å². The van der Waals surface area contributed by atoms with Crippen molar-refractivity contribution in [3.05, 3.63) is 34.9 Å². The van der Waals surface area contributed by atoms with Crippen LogP contribution < -0.4 is 0 Å². The maximum atomic E-state index is 12.4. The van der Waals surface area contributed by atoms with Gasteiger partial charge in [0.25, 0.3) is 0 Å². The zero-order chi connectivity index (χ0) is 17.6. The van der Waals surface area contributed by atoms with Crippen molar-refractivity contribution in [2.45, 2.75) is 37.2 Å². The van der Waals surface area contributed by atoms with Crippen LogP contribution in [-0.4, -0.2) is 23.2 Å². The molecule has 120 valence electrons. The van der Waals surface area contributed by atoms with Gasteiger partial charge in [0.1, 0.15) is 0 Å². The van der Waals surface area contributed by atoms with E-state index in [4.69, 9.17) is 0 Å². The fourth-order valence-corrected chi connectivity index (χ4v) is 1.95. The van der Waals surface area contributed by atoms with E-state index in [0.29, 0.717) is 18.2 Å². The van der Waals surface area contributed by atoms with Gasteiger partial charge in [-0.1, -0.05) is 15.3 Å². The molecule has 0 saturated heterocycles. The summed E-state index contributed by atoms with van der Waals surface area (Å²) in [5, 5.41) is 1.34. The Morgan fingerprint density at radius 3 is 1.68 bits per heavy atom. The van der Waals surface area contributed by atoms with Crippen LogP contribution >= 0.6 is 9.24 Å². The summed E-state index contributed by atoms with van der Waals surface area (Å²) in [5.74, 6) is 0. The molecular formula is C13H14F6LiOP. The summed E-state index contributed by atoms with van der Waals surface area (Å²) in [7, 11) is 1.32. The quantitative estimate of drug-likeness (QED) is 0.425. The Morgan fingerprint density at radius 2 is 1.50 bits per heavy atom. The van der Waals surface area contributed by atoms with E-state index in [0.717, 1.165) is 0 Å². The molecule has 9 heteroatoms. The number of alkyl halides is 6. The number of unbranched alkanes of at least 4 members (excludes halogenated alkanes) is 1. The van der Waals surface area contributed by atoms with Crippen LogP contribution in [0.15, 0.2) is 18.2 Å². The molecule has 0 radical (unpaired) electrons. The van der Waals surface area contributed by atoms with Gasteiger partial charge < -0.3 is 0 Å². The normalized spacial score (nSPS) is 11.7. The van der Waals surface area contributed by atoms with Crippen molar-refractivity contribution in [1.82, 2.24) is 0 Å². The number of hydrogen-bond acceptors (Lipinski definition) is 1. The molecule has 22 heavy (non-hydrogen) atoms. The molecule has 1 atom stereocenters. The average molecular weight is 338 g/mol. The number of halogens is 6. The van der Waals surface area contributed by atoms with Gasteiger partial charge in [0.2, 0.25) is 0 Å². The first-order chi connectivity index (χ1) is 9.96. The molecule has 0 saturated carbocycles. The van der Waals surface area contributed by atoms with Crippen LogP contribution in [0.5, 0.6) is 0 Å². The van der Waals surface area contributed by atoms with E-state index in [1.165, 1.54) is 27.2 Å². The number of benzene rings is 1. The van der Waals surface area contributed by atoms with Gasteiger partial charge in [-0.05, 0) is 12.1 Å². The van der Waals surface area contributed by atoms with E-state index in [1.54, 1.807) is 0 Å². The second-order valence-corrected chi connectivity index (χ2v) is 4.97.